The highest BCUT2D eigenvalue weighted by molar-refractivity contribution is 5.83. The van der Waals surface area contributed by atoms with Crippen LogP contribution in [0.1, 0.15) is 36.8 Å². The molecule has 120 valence electrons. The summed E-state index contributed by atoms with van der Waals surface area (Å²) in [5, 5.41) is 4.19. The topological polar surface area (TPSA) is 51.0 Å². The summed E-state index contributed by atoms with van der Waals surface area (Å²) in [6.45, 7) is 1.49. The first kappa shape index (κ1) is 14.4. The number of carbonyl (C=O) groups excluding carboxylic acids is 1. The highest BCUT2D eigenvalue weighted by Gasteiger charge is 2.46. The van der Waals surface area contributed by atoms with E-state index in [4.69, 9.17) is 0 Å². The second kappa shape index (κ2) is 5.76. The van der Waals surface area contributed by atoms with Crippen molar-refractivity contribution in [1.29, 1.82) is 0 Å². The zero-order valence-electron chi connectivity index (χ0n) is 12.8. The van der Waals surface area contributed by atoms with E-state index in [0.717, 1.165) is 31.4 Å². The van der Waals surface area contributed by atoms with Gasteiger partial charge in [0.1, 0.15) is 18.5 Å². The minimum absolute atomic E-state index is 0.00583. The lowest BCUT2D eigenvalue weighted by molar-refractivity contribution is -0.134. The number of benzene rings is 1. The Balaban J connectivity index is 1.42. The Morgan fingerprint density at radius 2 is 2.26 bits per heavy atom. The average Bonchev–Trinajstić information content (AvgIpc) is 3.19. The molecule has 3 atom stereocenters. The Bertz CT molecular complexity index is 702. The van der Waals surface area contributed by atoms with Gasteiger partial charge in [-0.05, 0) is 42.9 Å². The van der Waals surface area contributed by atoms with Crippen molar-refractivity contribution in [3.8, 4) is 0 Å². The molecule has 2 aromatic rings. The molecule has 5 nitrogen and oxygen atoms in total. The summed E-state index contributed by atoms with van der Waals surface area (Å²) in [5.74, 6) is 0.144. The molecule has 2 heterocycles. The lowest BCUT2D eigenvalue weighted by Crippen LogP contribution is -2.41. The normalized spacial score (nSPS) is 27.0. The van der Waals surface area contributed by atoms with Crippen molar-refractivity contribution in [2.45, 2.75) is 31.2 Å². The molecule has 2 aliphatic rings. The number of hydrogen-bond acceptors (Lipinski definition) is 3. The first-order valence-electron chi connectivity index (χ1n) is 8.11. The summed E-state index contributed by atoms with van der Waals surface area (Å²) < 4.78 is 15.2. The third-order valence-electron chi connectivity index (χ3n) is 4.90. The highest BCUT2D eigenvalue weighted by Crippen LogP contribution is 2.48. The van der Waals surface area contributed by atoms with Crippen LogP contribution < -0.4 is 0 Å². The molecule has 0 bridgehead atoms. The fourth-order valence-electron chi connectivity index (χ4n) is 3.58. The monoisotopic (exact) mass is 314 g/mol. The molecule has 1 aliphatic heterocycles. The van der Waals surface area contributed by atoms with Crippen LogP contribution in [0.4, 0.5) is 4.39 Å². The van der Waals surface area contributed by atoms with Crippen LogP contribution >= 0.6 is 0 Å². The van der Waals surface area contributed by atoms with Crippen LogP contribution in [-0.4, -0.2) is 38.7 Å². The summed E-state index contributed by atoms with van der Waals surface area (Å²) in [5.41, 5.74) is 0.938. The number of rotatable bonds is 3. The number of aromatic nitrogens is 3. The lowest BCUT2D eigenvalue weighted by atomic mass is 10.0. The molecule has 0 N–H and O–H groups in total. The minimum Gasteiger partial charge on any atom is -0.340 e. The van der Waals surface area contributed by atoms with Crippen molar-refractivity contribution >= 4 is 5.91 Å². The van der Waals surface area contributed by atoms with E-state index >= 15 is 0 Å². The zero-order chi connectivity index (χ0) is 15.8. The van der Waals surface area contributed by atoms with Crippen LogP contribution in [0.3, 0.4) is 0 Å². The van der Waals surface area contributed by atoms with Gasteiger partial charge in [-0.2, -0.15) is 5.10 Å². The van der Waals surface area contributed by atoms with Crippen molar-refractivity contribution < 1.29 is 9.18 Å². The molecule has 2 fully saturated rings. The Morgan fingerprint density at radius 1 is 1.35 bits per heavy atom. The van der Waals surface area contributed by atoms with E-state index in [0.29, 0.717) is 6.54 Å². The summed E-state index contributed by atoms with van der Waals surface area (Å²) in [6, 6.07) is 6.82. The molecule has 0 radical (unpaired) electrons. The second-order valence-corrected chi connectivity index (χ2v) is 6.46. The SMILES string of the molecule is O=C(C1CC1c1cccc(F)c1)N1CCCC(n2cncn2)C1. The maximum Gasteiger partial charge on any atom is 0.226 e. The van der Waals surface area contributed by atoms with E-state index in [9.17, 15) is 9.18 Å². The third kappa shape index (κ3) is 2.85. The largest absolute Gasteiger partial charge is 0.340 e. The quantitative estimate of drug-likeness (QED) is 0.874. The van der Waals surface area contributed by atoms with Crippen LogP contribution in [0.2, 0.25) is 0 Å². The Hall–Kier alpha value is -2.24. The molecular formula is C17H19FN4O. The van der Waals surface area contributed by atoms with Gasteiger partial charge in [0, 0.05) is 19.0 Å². The zero-order valence-corrected chi connectivity index (χ0v) is 12.8. The van der Waals surface area contributed by atoms with Crippen molar-refractivity contribution in [2.75, 3.05) is 13.1 Å². The van der Waals surface area contributed by atoms with Crippen LogP contribution in [0.25, 0.3) is 0 Å². The van der Waals surface area contributed by atoms with Gasteiger partial charge in [-0.1, -0.05) is 12.1 Å². The molecule has 1 saturated carbocycles. The number of piperidine rings is 1. The van der Waals surface area contributed by atoms with Gasteiger partial charge in [0.25, 0.3) is 0 Å². The number of hydrogen-bond donors (Lipinski definition) is 0. The molecule has 1 aromatic carbocycles. The Labute approximate surface area is 134 Å². The maximum atomic E-state index is 13.3. The van der Waals surface area contributed by atoms with E-state index < -0.39 is 0 Å². The summed E-state index contributed by atoms with van der Waals surface area (Å²) >= 11 is 0. The molecule has 1 aromatic heterocycles. The van der Waals surface area contributed by atoms with Crippen LogP contribution in [0, 0.1) is 11.7 Å². The number of halogens is 1. The van der Waals surface area contributed by atoms with Gasteiger partial charge >= 0.3 is 0 Å². The van der Waals surface area contributed by atoms with Crippen molar-refractivity contribution in [2.24, 2.45) is 5.92 Å². The van der Waals surface area contributed by atoms with Crippen LogP contribution in [0.5, 0.6) is 0 Å². The number of nitrogens with zero attached hydrogens (tertiary/aromatic N) is 4. The number of carbonyl (C=O) groups is 1. The van der Waals surface area contributed by atoms with E-state index in [1.807, 2.05) is 15.6 Å². The smallest absolute Gasteiger partial charge is 0.226 e. The van der Waals surface area contributed by atoms with Crippen LogP contribution in [0.15, 0.2) is 36.9 Å². The predicted octanol–water partition coefficient (Wildman–Crippen LogP) is 2.38. The van der Waals surface area contributed by atoms with Gasteiger partial charge in [0.2, 0.25) is 5.91 Å². The summed E-state index contributed by atoms with van der Waals surface area (Å²) in [6.07, 6.45) is 6.07. The van der Waals surface area contributed by atoms with Crippen molar-refractivity contribution in [3.63, 3.8) is 0 Å². The summed E-state index contributed by atoms with van der Waals surface area (Å²) in [7, 11) is 0. The van der Waals surface area contributed by atoms with Crippen molar-refractivity contribution in [1.82, 2.24) is 19.7 Å². The Kier molecular flexibility index (Phi) is 3.59. The van der Waals surface area contributed by atoms with E-state index in [2.05, 4.69) is 10.1 Å². The third-order valence-corrected chi connectivity index (χ3v) is 4.90. The molecule has 1 saturated heterocycles. The fraction of sp³-hybridized carbons (Fsp3) is 0.471. The average molecular weight is 314 g/mol. The Morgan fingerprint density at radius 3 is 3.04 bits per heavy atom. The molecule has 4 rings (SSSR count). The molecule has 3 unspecified atom stereocenters. The number of amides is 1. The highest BCUT2D eigenvalue weighted by atomic mass is 19.1. The number of likely N-dealkylation sites (tertiary alicyclic amines) is 1. The molecule has 23 heavy (non-hydrogen) atoms. The van der Waals surface area contributed by atoms with E-state index in [1.165, 1.54) is 12.4 Å². The van der Waals surface area contributed by atoms with E-state index in [1.54, 1.807) is 18.5 Å². The van der Waals surface area contributed by atoms with Gasteiger partial charge in [0.15, 0.2) is 0 Å². The molecular weight excluding hydrogens is 295 g/mol. The molecule has 0 spiro atoms. The first-order valence-corrected chi connectivity index (χ1v) is 8.11. The first-order chi connectivity index (χ1) is 11.2. The predicted molar refractivity (Wildman–Crippen MR) is 82.1 cm³/mol. The van der Waals surface area contributed by atoms with Gasteiger partial charge < -0.3 is 4.90 Å². The second-order valence-electron chi connectivity index (χ2n) is 6.46. The lowest BCUT2D eigenvalue weighted by Gasteiger charge is -2.32. The van der Waals surface area contributed by atoms with Gasteiger partial charge in [-0.25, -0.2) is 14.1 Å². The molecule has 1 amide bonds. The van der Waals surface area contributed by atoms with Crippen LogP contribution in [-0.2, 0) is 4.79 Å². The van der Waals surface area contributed by atoms with E-state index in [-0.39, 0.29) is 29.6 Å². The fourth-order valence-corrected chi connectivity index (χ4v) is 3.58. The summed E-state index contributed by atoms with van der Waals surface area (Å²) in [4.78, 5) is 18.7. The van der Waals surface area contributed by atoms with Gasteiger partial charge in [0.05, 0.1) is 6.04 Å². The molecule has 6 heteroatoms. The van der Waals surface area contributed by atoms with Gasteiger partial charge in [-0.15, -0.1) is 0 Å². The standard InChI is InChI=1S/C17H19FN4O/c18-13-4-1-3-12(7-13)15-8-16(15)17(23)21-6-2-5-14(9-21)22-11-19-10-20-22/h1,3-4,7,10-11,14-16H,2,5-6,8-9H2. The molecule has 1 aliphatic carbocycles. The minimum atomic E-state index is -0.232. The maximum absolute atomic E-state index is 13.3. The van der Waals surface area contributed by atoms with Crippen molar-refractivity contribution in [3.05, 3.63) is 48.3 Å². The van der Waals surface area contributed by atoms with Gasteiger partial charge in [-0.3, -0.25) is 4.79 Å².